The number of phenols is 1. The maximum Gasteiger partial charge on any atom is 0.236 e. The molecule has 1 unspecified atom stereocenters. The van der Waals surface area contributed by atoms with Crippen LogP contribution in [0.25, 0.3) is 0 Å². The molecule has 1 atom stereocenters. The largest absolute Gasteiger partial charge is 0.508 e. The van der Waals surface area contributed by atoms with E-state index in [-0.39, 0.29) is 17.6 Å². The van der Waals surface area contributed by atoms with Gasteiger partial charge in [0.05, 0.1) is 5.92 Å². The highest BCUT2D eigenvalue weighted by Crippen LogP contribution is 2.33. The van der Waals surface area contributed by atoms with Crippen LogP contribution in [0.2, 0.25) is 0 Å². The van der Waals surface area contributed by atoms with E-state index in [2.05, 4.69) is 5.32 Å². The Bertz CT molecular complexity index is 654. The minimum Gasteiger partial charge on any atom is -0.508 e. The number of benzene rings is 2. The van der Waals surface area contributed by atoms with Gasteiger partial charge >= 0.3 is 0 Å². The van der Waals surface area contributed by atoms with Crippen molar-refractivity contribution in [3.05, 3.63) is 54.1 Å². The summed E-state index contributed by atoms with van der Waals surface area (Å²) in [7, 11) is 1.73. The minimum atomic E-state index is -0.182. The van der Waals surface area contributed by atoms with E-state index in [0.717, 1.165) is 11.3 Å². The zero-order chi connectivity index (χ0) is 14.1. The van der Waals surface area contributed by atoms with E-state index < -0.39 is 0 Å². The van der Waals surface area contributed by atoms with E-state index in [4.69, 9.17) is 0 Å². The normalized spacial score (nSPS) is 16.4. The van der Waals surface area contributed by atoms with Crippen molar-refractivity contribution in [2.45, 2.75) is 5.92 Å². The van der Waals surface area contributed by atoms with Gasteiger partial charge < -0.3 is 15.3 Å². The lowest BCUT2D eigenvalue weighted by Crippen LogP contribution is -2.32. The van der Waals surface area contributed by atoms with Crippen molar-refractivity contribution in [3.8, 4) is 5.75 Å². The smallest absolute Gasteiger partial charge is 0.236 e. The predicted octanol–water partition coefficient (Wildman–Crippen LogP) is 2.56. The van der Waals surface area contributed by atoms with Crippen LogP contribution in [0.3, 0.4) is 0 Å². The first-order valence-electron chi connectivity index (χ1n) is 6.56. The lowest BCUT2D eigenvalue weighted by Gasteiger charge is -2.21. The summed E-state index contributed by atoms with van der Waals surface area (Å²) in [5.74, 6) is -0.00121. The first-order chi connectivity index (χ1) is 9.66. The Balaban J connectivity index is 1.87. The molecule has 2 aromatic rings. The number of para-hydroxylation sites is 1. The predicted molar refractivity (Wildman–Crippen MR) is 79.2 cm³/mol. The summed E-state index contributed by atoms with van der Waals surface area (Å²) in [6.07, 6.45) is 0. The van der Waals surface area contributed by atoms with Crippen LogP contribution < -0.4 is 10.2 Å². The first kappa shape index (κ1) is 12.5. The zero-order valence-electron chi connectivity index (χ0n) is 11.2. The number of nitrogens with one attached hydrogen (secondary N) is 1. The van der Waals surface area contributed by atoms with Crippen molar-refractivity contribution in [1.82, 2.24) is 0 Å². The Morgan fingerprint density at radius 1 is 1.25 bits per heavy atom. The Labute approximate surface area is 117 Å². The number of rotatable bonds is 2. The standard InChI is InChI=1S/C16H16N2O2/c1-18(11-5-4-6-12(19)9-11)16(20)14-10-17-15-8-3-2-7-13(14)15/h2-9,14,17,19H,10H2,1H3. The maximum atomic E-state index is 12.6. The molecule has 102 valence electrons. The van der Waals surface area contributed by atoms with E-state index in [9.17, 15) is 9.90 Å². The molecule has 2 N–H and O–H groups in total. The number of carbonyl (C=O) groups excluding carboxylic acids is 1. The van der Waals surface area contributed by atoms with Gasteiger partial charge in [0.1, 0.15) is 5.75 Å². The van der Waals surface area contributed by atoms with Crippen molar-refractivity contribution in [3.63, 3.8) is 0 Å². The fourth-order valence-corrected chi connectivity index (χ4v) is 2.57. The molecule has 1 aliphatic heterocycles. The van der Waals surface area contributed by atoms with E-state index in [1.807, 2.05) is 30.3 Å². The number of hydrogen-bond acceptors (Lipinski definition) is 3. The fraction of sp³-hybridized carbons (Fsp3) is 0.188. The van der Waals surface area contributed by atoms with Gasteiger partial charge in [-0.1, -0.05) is 24.3 Å². The summed E-state index contributed by atoms with van der Waals surface area (Å²) in [6.45, 7) is 0.612. The highest BCUT2D eigenvalue weighted by molar-refractivity contribution is 6.00. The highest BCUT2D eigenvalue weighted by Gasteiger charge is 2.30. The molecule has 0 aliphatic carbocycles. The second-order valence-electron chi connectivity index (χ2n) is 4.94. The zero-order valence-corrected chi connectivity index (χ0v) is 11.2. The second kappa shape index (κ2) is 4.89. The Morgan fingerprint density at radius 2 is 2.05 bits per heavy atom. The number of amides is 1. The van der Waals surface area contributed by atoms with E-state index in [0.29, 0.717) is 12.2 Å². The molecule has 1 heterocycles. The van der Waals surface area contributed by atoms with Crippen LogP contribution >= 0.6 is 0 Å². The van der Waals surface area contributed by atoms with Gasteiger partial charge in [0.25, 0.3) is 0 Å². The first-order valence-corrected chi connectivity index (χ1v) is 6.56. The second-order valence-corrected chi connectivity index (χ2v) is 4.94. The summed E-state index contributed by atoms with van der Waals surface area (Å²) in [6, 6.07) is 14.6. The third kappa shape index (κ3) is 2.09. The molecule has 4 heteroatoms. The van der Waals surface area contributed by atoms with E-state index in [1.54, 1.807) is 30.1 Å². The molecule has 2 aromatic carbocycles. The van der Waals surface area contributed by atoms with Crippen molar-refractivity contribution in [2.75, 3.05) is 23.8 Å². The van der Waals surface area contributed by atoms with Crippen LogP contribution in [0.5, 0.6) is 5.75 Å². The summed E-state index contributed by atoms with van der Waals surface area (Å²) < 4.78 is 0. The molecular weight excluding hydrogens is 252 g/mol. The Morgan fingerprint density at radius 3 is 2.85 bits per heavy atom. The lowest BCUT2D eigenvalue weighted by molar-refractivity contribution is -0.119. The van der Waals surface area contributed by atoms with Gasteiger partial charge in [0.2, 0.25) is 5.91 Å². The summed E-state index contributed by atoms with van der Waals surface area (Å²) in [4.78, 5) is 14.2. The van der Waals surface area contributed by atoms with Crippen LogP contribution in [0.1, 0.15) is 11.5 Å². The summed E-state index contributed by atoms with van der Waals surface area (Å²) in [5, 5.41) is 12.8. The average molecular weight is 268 g/mol. The Kier molecular flexibility index (Phi) is 3.06. The monoisotopic (exact) mass is 268 g/mol. The lowest BCUT2D eigenvalue weighted by atomic mass is 10.00. The van der Waals surface area contributed by atoms with Crippen molar-refractivity contribution in [1.29, 1.82) is 0 Å². The minimum absolute atomic E-state index is 0.0213. The number of fused-ring (bicyclic) bond motifs is 1. The molecule has 0 radical (unpaired) electrons. The van der Waals surface area contributed by atoms with Gasteiger partial charge in [0, 0.05) is 31.0 Å². The van der Waals surface area contributed by atoms with Gasteiger partial charge in [-0.15, -0.1) is 0 Å². The summed E-state index contributed by atoms with van der Waals surface area (Å²) >= 11 is 0. The molecule has 1 aliphatic rings. The maximum absolute atomic E-state index is 12.6. The van der Waals surface area contributed by atoms with Crippen LogP contribution in [0.15, 0.2) is 48.5 Å². The molecular formula is C16H16N2O2. The van der Waals surface area contributed by atoms with Gasteiger partial charge in [-0.25, -0.2) is 0 Å². The molecule has 3 rings (SSSR count). The number of aromatic hydroxyl groups is 1. The topological polar surface area (TPSA) is 52.6 Å². The van der Waals surface area contributed by atoms with Crippen LogP contribution in [-0.2, 0) is 4.79 Å². The van der Waals surface area contributed by atoms with Crippen LogP contribution in [-0.4, -0.2) is 24.6 Å². The molecule has 4 nitrogen and oxygen atoms in total. The third-order valence-corrected chi connectivity index (χ3v) is 3.68. The molecule has 0 saturated carbocycles. The van der Waals surface area contributed by atoms with Crippen LogP contribution in [0.4, 0.5) is 11.4 Å². The molecule has 0 bridgehead atoms. The SMILES string of the molecule is CN(C(=O)C1CNc2ccccc21)c1cccc(O)c1. The van der Waals surface area contributed by atoms with Gasteiger partial charge in [0.15, 0.2) is 0 Å². The van der Waals surface area contributed by atoms with E-state index in [1.165, 1.54) is 0 Å². The molecule has 0 fully saturated rings. The number of hydrogen-bond donors (Lipinski definition) is 2. The van der Waals surface area contributed by atoms with Crippen molar-refractivity contribution >= 4 is 17.3 Å². The highest BCUT2D eigenvalue weighted by atomic mass is 16.3. The number of anilines is 2. The number of carbonyl (C=O) groups is 1. The molecule has 0 saturated heterocycles. The van der Waals surface area contributed by atoms with Gasteiger partial charge in [-0.05, 0) is 23.8 Å². The molecule has 0 spiro atoms. The van der Waals surface area contributed by atoms with E-state index >= 15 is 0 Å². The molecule has 1 amide bonds. The van der Waals surface area contributed by atoms with Gasteiger partial charge in [-0.2, -0.15) is 0 Å². The Hall–Kier alpha value is -2.49. The number of likely N-dealkylation sites (N-methyl/N-ethyl adjacent to an activating group) is 1. The average Bonchev–Trinajstić information content (AvgIpc) is 2.89. The third-order valence-electron chi connectivity index (χ3n) is 3.68. The molecule has 20 heavy (non-hydrogen) atoms. The molecule has 0 aromatic heterocycles. The number of phenolic OH excluding ortho intramolecular Hbond substituents is 1. The van der Waals surface area contributed by atoms with Crippen LogP contribution in [0, 0.1) is 0 Å². The van der Waals surface area contributed by atoms with Gasteiger partial charge in [-0.3, -0.25) is 4.79 Å². The number of nitrogens with zero attached hydrogens (tertiary/aromatic N) is 1. The quantitative estimate of drug-likeness (QED) is 0.880. The van der Waals surface area contributed by atoms with Crippen molar-refractivity contribution < 1.29 is 9.90 Å². The van der Waals surface area contributed by atoms with Crippen molar-refractivity contribution in [2.24, 2.45) is 0 Å². The summed E-state index contributed by atoms with van der Waals surface area (Å²) in [5.41, 5.74) is 2.75. The fourth-order valence-electron chi connectivity index (χ4n) is 2.57.